The van der Waals surface area contributed by atoms with E-state index >= 15 is 0 Å². The summed E-state index contributed by atoms with van der Waals surface area (Å²) in [4.78, 5) is 28.3. The lowest BCUT2D eigenvalue weighted by Gasteiger charge is -2.35. The van der Waals surface area contributed by atoms with E-state index in [2.05, 4.69) is 10.6 Å². The minimum absolute atomic E-state index is 0.114. The molecule has 0 saturated carbocycles. The minimum atomic E-state index is -3.46. The molecule has 1 aliphatic rings. The van der Waals surface area contributed by atoms with E-state index in [0.29, 0.717) is 30.2 Å². The fraction of sp³-hybridized carbons (Fsp3) is 0.533. The highest BCUT2D eigenvalue weighted by molar-refractivity contribution is 7.88. The molecule has 3 N–H and O–H groups in total. The van der Waals surface area contributed by atoms with Crippen LogP contribution in [0.1, 0.15) is 50.4 Å². The molecular formula is C30H43FN4O7S. The van der Waals surface area contributed by atoms with Crippen molar-refractivity contribution in [2.75, 3.05) is 50.2 Å². The number of sulfonamides is 1. The Kier molecular flexibility index (Phi) is 12.3. The monoisotopic (exact) mass is 622 g/mol. The molecule has 0 saturated heterocycles. The predicted molar refractivity (Wildman–Crippen MR) is 163 cm³/mol. The summed E-state index contributed by atoms with van der Waals surface area (Å²) in [5.74, 6) is -0.811. The summed E-state index contributed by atoms with van der Waals surface area (Å²) in [6, 6.07) is 8.91. The fourth-order valence-electron chi connectivity index (χ4n) is 4.68. The van der Waals surface area contributed by atoms with Gasteiger partial charge in [0.2, 0.25) is 10.0 Å². The molecule has 2 aromatic carbocycles. The van der Waals surface area contributed by atoms with Crippen molar-refractivity contribution in [2.24, 2.45) is 5.92 Å². The highest BCUT2D eigenvalue weighted by atomic mass is 32.2. The van der Waals surface area contributed by atoms with E-state index in [9.17, 15) is 27.5 Å². The highest BCUT2D eigenvalue weighted by Crippen LogP contribution is 2.28. The number of aliphatic hydroxyl groups is 1. The molecule has 13 heteroatoms. The highest BCUT2D eigenvalue weighted by Gasteiger charge is 2.31. The number of halogens is 1. The van der Waals surface area contributed by atoms with Crippen LogP contribution in [0.2, 0.25) is 0 Å². The standard InChI is InChI=1S/C30H43FN4O7S/c1-20-17-35(21(2)19-36)29(37)26-16-25(33-30(38)32-24-11-9-23(31)10-12-24)13-14-27(26)42-22(3)8-6-7-15-41-28(20)18-34(4)43(5,39)40/h9-14,16,20-22,28,36H,6-8,15,17-19H2,1-5H3,(H2,32,33,38)/t20-,21+,22-,28+/m0/s1. The van der Waals surface area contributed by atoms with Crippen LogP contribution in [0.3, 0.4) is 0 Å². The first-order valence-corrected chi connectivity index (χ1v) is 16.2. The summed E-state index contributed by atoms with van der Waals surface area (Å²) < 4.78 is 51.1. The van der Waals surface area contributed by atoms with Crippen molar-refractivity contribution < 1.29 is 37.0 Å². The van der Waals surface area contributed by atoms with Gasteiger partial charge in [0.1, 0.15) is 11.6 Å². The van der Waals surface area contributed by atoms with Crippen LogP contribution < -0.4 is 15.4 Å². The molecule has 238 valence electrons. The quantitative estimate of drug-likeness (QED) is 0.422. The Bertz CT molecular complexity index is 1340. The van der Waals surface area contributed by atoms with Gasteiger partial charge in [0.15, 0.2) is 0 Å². The molecule has 0 aliphatic carbocycles. The molecule has 0 spiro atoms. The van der Waals surface area contributed by atoms with Crippen molar-refractivity contribution in [2.45, 2.75) is 58.3 Å². The van der Waals surface area contributed by atoms with Gasteiger partial charge in [-0.2, -0.15) is 0 Å². The van der Waals surface area contributed by atoms with Gasteiger partial charge in [0, 0.05) is 44.0 Å². The summed E-state index contributed by atoms with van der Waals surface area (Å²) in [6.45, 7) is 5.90. The van der Waals surface area contributed by atoms with Crippen molar-refractivity contribution in [3.63, 3.8) is 0 Å². The lowest BCUT2D eigenvalue weighted by Crippen LogP contribution is -2.47. The Morgan fingerprint density at radius 3 is 2.44 bits per heavy atom. The van der Waals surface area contributed by atoms with Gasteiger partial charge in [-0.15, -0.1) is 0 Å². The number of rotatable bonds is 7. The number of carbonyl (C=O) groups excluding carboxylic acids is 2. The average molecular weight is 623 g/mol. The molecule has 0 unspecified atom stereocenters. The molecule has 3 amide bonds. The van der Waals surface area contributed by atoms with Crippen LogP contribution in [0, 0.1) is 11.7 Å². The zero-order chi connectivity index (χ0) is 31.7. The summed E-state index contributed by atoms with van der Waals surface area (Å²) in [5, 5.41) is 15.4. The largest absolute Gasteiger partial charge is 0.490 e. The second-order valence-electron chi connectivity index (χ2n) is 11.1. The van der Waals surface area contributed by atoms with Gasteiger partial charge < -0.3 is 30.1 Å². The fourth-order valence-corrected chi connectivity index (χ4v) is 5.10. The average Bonchev–Trinajstić information content (AvgIpc) is 2.95. The van der Waals surface area contributed by atoms with Gasteiger partial charge in [-0.1, -0.05) is 6.92 Å². The number of aliphatic hydroxyl groups excluding tert-OH is 1. The zero-order valence-electron chi connectivity index (χ0n) is 25.4. The van der Waals surface area contributed by atoms with Crippen molar-refractivity contribution in [3.05, 3.63) is 53.8 Å². The molecule has 11 nitrogen and oxygen atoms in total. The molecule has 3 rings (SSSR count). The van der Waals surface area contributed by atoms with Crippen LogP contribution >= 0.6 is 0 Å². The van der Waals surface area contributed by atoms with E-state index < -0.39 is 39.9 Å². The minimum Gasteiger partial charge on any atom is -0.490 e. The van der Waals surface area contributed by atoms with Gasteiger partial charge in [-0.3, -0.25) is 4.79 Å². The first-order valence-electron chi connectivity index (χ1n) is 14.4. The van der Waals surface area contributed by atoms with E-state index in [1.165, 1.54) is 46.6 Å². The van der Waals surface area contributed by atoms with Gasteiger partial charge in [-0.05, 0) is 75.6 Å². The van der Waals surface area contributed by atoms with Gasteiger partial charge in [0.05, 0.1) is 36.7 Å². The Balaban J connectivity index is 1.94. The van der Waals surface area contributed by atoms with Crippen molar-refractivity contribution in [1.29, 1.82) is 0 Å². The molecule has 0 radical (unpaired) electrons. The van der Waals surface area contributed by atoms with E-state index in [0.717, 1.165) is 19.1 Å². The SMILES string of the molecule is C[C@H](CO)N1C[C@H](C)[C@@H](CN(C)S(C)(=O)=O)OCCCC[C@H](C)Oc2ccc(NC(=O)Nc3ccc(F)cc3)cc2C1=O. The Morgan fingerprint density at radius 2 is 1.79 bits per heavy atom. The van der Waals surface area contributed by atoms with Crippen LogP contribution in [0.25, 0.3) is 0 Å². The maximum absolute atomic E-state index is 14.1. The third kappa shape index (κ3) is 10.2. The van der Waals surface area contributed by atoms with E-state index in [1.54, 1.807) is 19.1 Å². The van der Waals surface area contributed by atoms with Crippen LogP contribution in [0.15, 0.2) is 42.5 Å². The number of nitrogens with one attached hydrogen (secondary N) is 2. The predicted octanol–water partition coefficient (Wildman–Crippen LogP) is 4.16. The summed E-state index contributed by atoms with van der Waals surface area (Å²) in [5.41, 5.74) is 0.909. The molecule has 4 atom stereocenters. The van der Waals surface area contributed by atoms with Crippen molar-refractivity contribution in [3.8, 4) is 5.75 Å². The zero-order valence-corrected chi connectivity index (χ0v) is 26.2. The van der Waals surface area contributed by atoms with Gasteiger partial charge in [0.25, 0.3) is 5.91 Å². The number of ether oxygens (including phenoxy) is 2. The number of hydrogen-bond acceptors (Lipinski definition) is 7. The second-order valence-corrected chi connectivity index (χ2v) is 13.2. The lowest BCUT2D eigenvalue weighted by atomic mass is 10.0. The molecule has 2 aromatic rings. The van der Waals surface area contributed by atoms with Crippen LogP contribution in [-0.2, 0) is 14.8 Å². The first kappa shape index (κ1) is 34.2. The van der Waals surface area contributed by atoms with E-state index in [1.807, 2.05) is 13.8 Å². The summed E-state index contributed by atoms with van der Waals surface area (Å²) in [6.07, 6.45) is 2.63. The number of fused-ring (bicyclic) bond motifs is 1. The van der Waals surface area contributed by atoms with E-state index in [4.69, 9.17) is 9.47 Å². The number of nitrogens with zero attached hydrogens (tertiary/aromatic N) is 2. The molecule has 0 aromatic heterocycles. The molecule has 0 fully saturated rings. The molecular weight excluding hydrogens is 579 g/mol. The Labute approximate surface area is 253 Å². The maximum Gasteiger partial charge on any atom is 0.323 e. The maximum atomic E-state index is 14.1. The molecule has 43 heavy (non-hydrogen) atoms. The number of hydrogen-bond donors (Lipinski definition) is 3. The van der Waals surface area contributed by atoms with Gasteiger partial charge in [-0.25, -0.2) is 21.9 Å². The number of amides is 3. The Morgan fingerprint density at radius 1 is 1.14 bits per heavy atom. The topological polar surface area (TPSA) is 138 Å². The first-order chi connectivity index (χ1) is 20.3. The number of benzene rings is 2. The summed E-state index contributed by atoms with van der Waals surface area (Å²) >= 11 is 0. The number of urea groups is 1. The lowest BCUT2D eigenvalue weighted by molar-refractivity contribution is -0.00828. The third-order valence-corrected chi connectivity index (χ3v) is 8.70. The smallest absolute Gasteiger partial charge is 0.323 e. The van der Waals surface area contributed by atoms with Crippen molar-refractivity contribution in [1.82, 2.24) is 9.21 Å². The van der Waals surface area contributed by atoms with E-state index in [-0.39, 0.29) is 37.3 Å². The van der Waals surface area contributed by atoms with Crippen LogP contribution in [0.4, 0.5) is 20.6 Å². The molecule has 1 heterocycles. The molecule has 0 bridgehead atoms. The van der Waals surface area contributed by atoms with Crippen molar-refractivity contribution >= 4 is 33.3 Å². The normalized spacial score (nSPS) is 21.3. The number of anilines is 2. The number of carbonyl (C=O) groups is 2. The summed E-state index contributed by atoms with van der Waals surface area (Å²) in [7, 11) is -1.96. The van der Waals surface area contributed by atoms with Crippen LogP contribution in [0.5, 0.6) is 5.75 Å². The number of likely N-dealkylation sites (N-methyl/N-ethyl adjacent to an activating group) is 1. The Hall–Kier alpha value is -3.26. The van der Waals surface area contributed by atoms with Gasteiger partial charge >= 0.3 is 6.03 Å². The third-order valence-electron chi connectivity index (χ3n) is 7.41. The molecule has 1 aliphatic heterocycles. The second kappa shape index (κ2) is 15.5. The van der Waals surface area contributed by atoms with Crippen LogP contribution in [-0.4, -0.2) is 92.5 Å².